The number of hydrogen-bond acceptors (Lipinski definition) is 8. The molecule has 0 spiro atoms. The van der Waals surface area contributed by atoms with Crippen LogP contribution in [-0.2, 0) is 9.59 Å². The minimum absolute atomic E-state index is 0.0579. The summed E-state index contributed by atoms with van der Waals surface area (Å²) < 4.78 is 0. The first-order valence-electron chi connectivity index (χ1n) is 17.1. The van der Waals surface area contributed by atoms with Gasteiger partial charge in [-0.25, -0.2) is 9.98 Å². The molecule has 0 fully saturated rings. The molecule has 6 aromatic carbocycles. The van der Waals surface area contributed by atoms with E-state index >= 15 is 0 Å². The van der Waals surface area contributed by atoms with Gasteiger partial charge in [0, 0.05) is 32.0 Å². The maximum absolute atomic E-state index is 14.1. The van der Waals surface area contributed by atoms with Crippen molar-refractivity contribution in [2.24, 2.45) is 9.98 Å². The second-order valence-electron chi connectivity index (χ2n) is 12.6. The number of nitrogens with zero attached hydrogens (tertiary/aromatic N) is 4. The van der Waals surface area contributed by atoms with Crippen LogP contribution in [0, 0.1) is 0 Å². The van der Waals surface area contributed by atoms with E-state index in [-0.39, 0.29) is 34.7 Å². The predicted octanol–water partition coefficient (Wildman–Crippen LogP) is 8.98. The molecule has 0 aliphatic carbocycles. The van der Waals surface area contributed by atoms with Gasteiger partial charge in [0.1, 0.15) is 34.6 Å². The molecular formula is C44H29N5O4S. The van der Waals surface area contributed by atoms with Crippen molar-refractivity contribution >= 4 is 70.1 Å². The van der Waals surface area contributed by atoms with Gasteiger partial charge in [0.05, 0.1) is 22.7 Å². The van der Waals surface area contributed by atoms with Gasteiger partial charge in [0.25, 0.3) is 11.8 Å². The van der Waals surface area contributed by atoms with Crippen molar-refractivity contribution in [2.75, 3.05) is 15.1 Å². The minimum Gasteiger partial charge on any atom is -0.507 e. The number of fused-ring (bicyclic) bond motifs is 2. The third-order valence-electron chi connectivity index (χ3n) is 9.18. The van der Waals surface area contributed by atoms with E-state index in [1.807, 2.05) is 97.1 Å². The molecule has 0 unspecified atom stereocenters. The van der Waals surface area contributed by atoms with Crippen LogP contribution in [0.1, 0.15) is 22.3 Å². The molecule has 0 aromatic heterocycles. The van der Waals surface area contributed by atoms with E-state index < -0.39 is 0 Å². The number of rotatable bonds is 6. The van der Waals surface area contributed by atoms with Gasteiger partial charge in [-0.2, -0.15) is 0 Å². The Labute approximate surface area is 314 Å². The third-order valence-corrected chi connectivity index (χ3v) is 10.3. The molecule has 10 heteroatoms. The molecule has 6 aromatic rings. The van der Waals surface area contributed by atoms with Crippen LogP contribution in [0.15, 0.2) is 177 Å². The van der Waals surface area contributed by atoms with Gasteiger partial charge in [0.2, 0.25) is 0 Å². The molecule has 3 N–H and O–H groups in total. The number of para-hydroxylation sites is 2. The fourth-order valence-corrected chi connectivity index (χ4v) is 7.58. The van der Waals surface area contributed by atoms with E-state index in [2.05, 4.69) is 5.32 Å². The Hall–Kier alpha value is -7.17. The van der Waals surface area contributed by atoms with E-state index in [1.54, 1.807) is 70.5 Å². The average Bonchev–Trinajstić information content (AvgIpc) is 3.71. The third kappa shape index (κ3) is 5.90. The van der Waals surface area contributed by atoms with Crippen LogP contribution in [0.4, 0.5) is 22.7 Å². The fraction of sp³-hybridized carbons (Fsp3) is 0. The Morgan fingerprint density at radius 1 is 0.519 bits per heavy atom. The molecule has 9 nitrogen and oxygen atoms in total. The average molecular weight is 724 g/mol. The molecule has 2 amide bonds. The van der Waals surface area contributed by atoms with Crippen LogP contribution in [-0.4, -0.2) is 33.7 Å². The van der Waals surface area contributed by atoms with Crippen molar-refractivity contribution in [3.8, 4) is 11.5 Å². The van der Waals surface area contributed by atoms with Gasteiger partial charge >= 0.3 is 0 Å². The number of aliphatic imine (C=N–C) groups is 2. The Bertz CT molecular complexity index is 2460. The lowest BCUT2D eigenvalue weighted by atomic mass is 10.1. The molecule has 9 rings (SSSR count). The molecule has 0 saturated carbocycles. The van der Waals surface area contributed by atoms with Crippen molar-refractivity contribution in [1.29, 1.82) is 0 Å². The molecule has 3 aliphatic rings. The summed E-state index contributed by atoms with van der Waals surface area (Å²) in [6, 6.07) is 44.2. The lowest BCUT2D eigenvalue weighted by Gasteiger charge is -2.26. The zero-order chi connectivity index (χ0) is 36.8. The Morgan fingerprint density at radius 2 is 0.926 bits per heavy atom. The fourth-order valence-electron chi connectivity index (χ4n) is 6.53. The molecule has 3 aliphatic heterocycles. The van der Waals surface area contributed by atoms with Crippen LogP contribution in [0.25, 0.3) is 12.2 Å². The predicted molar refractivity (Wildman–Crippen MR) is 213 cm³/mol. The van der Waals surface area contributed by atoms with E-state index in [4.69, 9.17) is 9.98 Å². The zero-order valence-electron chi connectivity index (χ0n) is 28.4. The highest BCUT2D eigenvalue weighted by molar-refractivity contribution is 7.99. The molecule has 0 radical (unpaired) electrons. The summed E-state index contributed by atoms with van der Waals surface area (Å²) >= 11 is 1.52. The van der Waals surface area contributed by atoms with Crippen molar-refractivity contribution in [3.63, 3.8) is 0 Å². The molecule has 0 bridgehead atoms. The number of benzene rings is 6. The Kier molecular flexibility index (Phi) is 8.13. The van der Waals surface area contributed by atoms with Crippen molar-refractivity contribution < 1.29 is 19.8 Å². The van der Waals surface area contributed by atoms with Crippen LogP contribution >= 0.6 is 11.8 Å². The largest absolute Gasteiger partial charge is 0.507 e. The summed E-state index contributed by atoms with van der Waals surface area (Å²) in [7, 11) is 0. The minimum atomic E-state index is -0.318. The second kappa shape index (κ2) is 13.4. The number of aromatic hydroxyl groups is 2. The van der Waals surface area contributed by atoms with Gasteiger partial charge < -0.3 is 15.5 Å². The van der Waals surface area contributed by atoms with Gasteiger partial charge in [-0.1, -0.05) is 109 Å². The summed E-state index contributed by atoms with van der Waals surface area (Å²) in [5, 5.41) is 24.4. The highest BCUT2D eigenvalue weighted by Crippen LogP contribution is 2.47. The van der Waals surface area contributed by atoms with Crippen LogP contribution < -0.4 is 15.1 Å². The van der Waals surface area contributed by atoms with Crippen molar-refractivity contribution in [1.82, 2.24) is 0 Å². The highest BCUT2D eigenvalue weighted by Gasteiger charge is 2.35. The number of carbonyl (C=O) groups excluding carboxylic acids is 2. The number of nitrogens with one attached hydrogen (secondary N) is 1. The first-order valence-corrected chi connectivity index (χ1v) is 17.9. The quantitative estimate of drug-likeness (QED) is 0.148. The maximum Gasteiger partial charge on any atom is 0.282 e. The van der Waals surface area contributed by atoms with E-state index in [0.717, 1.165) is 32.3 Å². The number of amides is 2. The van der Waals surface area contributed by atoms with Gasteiger partial charge in [0.15, 0.2) is 0 Å². The summed E-state index contributed by atoms with van der Waals surface area (Å²) in [5.41, 5.74) is 5.94. The summed E-state index contributed by atoms with van der Waals surface area (Å²) in [4.78, 5) is 42.6. The van der Waals surface area contributed by atoms with E-state index in [1.165, 1.54) is 11.8 Å². The van der Waals surface area contributed by atoms with Gasteiger partial charge in [-0.15, -0.1) is 0 Å². The number of amidine groups is 2. The molecular weight excluding hydrogens is 695 g/mol. The van der Waals surface area contributed by atoms with Crippen LogP contribution in [0.3, 0.4) is 0 Å². The summed E-state index contributed by atoms with van der Waals surface area (Å²) in [6.07, 6.45) is 3.20. The monoisotopic (exact) mass is 723 g/mol. The first kappa shape index (κ1) is 32.7. The smallest absolute Gasteiger partial charge is 0.282 e. The summed E-state index contributed by atoms with van der Waals surface area (Å²) in [6.45, 7) is 0. The zero-order valence-corrected chi connectivity index (χ0v) is 29.2. The number of hydrogen-bond donors (Lipinski definition) is 3. The number of phenolic OH excluding ortho intramolecular Hbond substituents is 2. The summed E-state index contributed by atoms with van der Waals surface area (Å²) in [5.74, 6) is 0.436. The van der Waals surface area contributed by atoms with Crippen LogP contribution in [0.5, 0.6) is 11.5 Å². The Morgan fingerprint density at radius 3 is 1.35 bits per heavy atom. The van der Waals surface area contributed by atoms with Gasteiger partial charge in [-0.3, -0.25) is 19.4 Å². The molecule has 0 saturated heterocycles. The van der Waals surface area contributed by atoms with E-state index in [0.29, 0.717) is 34.2 Å². The lowest BCUT2D eigenvalue weighted by molar-refractivity contribution is -0.114. The lowest BCUT2D eigenvalue weighted by Crippen LogP contribution is -2.32. The highest BCUT2D eigenvalue weighted by atomic mass is 32.2. The number of anilines is 4. The van der Waals surface area contributed by atoms with Crippen LogP contribution in [0.2, 0.25) is 0 Å². The molecule has 0 atom stereocenters. The van der Waals surface area contributed by atoms with Gasteiger partial charge in [-0.05, 0) is 60.7 Å². The second-order valence-corrected chi connectivity index (χ2v) is 13.7. The normalized spacial score (nSPS) is 16.3. The Balaban J connectivity index is 1.06. The van der Waals surface area contributed by atoms with E-state index in [9.17, 15) is 19.8 Å². The van der Waals surface area contributed by atoms with Crippen molar-refractivity contribution in [2.45, 2.75) is 9.79 Å². The maximum atomic E-state index is 14.1. The number of phenols is 2. The first-order chi connectivity index (χ1) is 26.4. The number of carbonyl (C=O) groups is 2. The molecule has 260 valence electrons. The molecule has 54 heavy (non-hydrogen) atoms. The standard InChI is InChI=1S/C44H29N5O4S/c50-37-17-9-7-15-29(37)23-35-43(52)48(41(46-35)27-11-3-1-4-12-27)31-19-21-33-39(25-31)54-40-26-32(20-22-34(40)45-33)49-42(28-13-5-2-6-14-28)47-36(44(49)53)24-30-16-8-10-18-38(30)51/h1-26,45,50-51H. The topological polar surface area (TPSA) is 118 Å². The SMILES string of the molecule is O=C1C(=Cc2ccccc2O)N=C(c2ccccc2)N1c1ccc2c(c1)Sc1cc(N3C(=O)C(=Cc4ccccc4O)N=C3c3ccccc3)ccc1N2. The molecule has 3 heterocycles. The van der Waals surface area contributed by atoms with Crippen molar-refractivity contribution in [3.05, 3.63) is 179 Å².